The molecule has 0 spiro atoms. The van der Waals surface area contributed by atoms with Gasteiger partial charge in [0.15, 0.2) is 15.9 Å². The minimum atomic E-state index is -3.49. The van der Waals surface area contributed by atoms with E-state index in [2.05, 4.69) is 4.74 Å². The Kier molecular flexibility index (Phi) is 3.91. The molecule has 1 aromatic carbocycles. The summed E-state index contributed by atoms with van der Waals surface area (Å²) in [6.07, 6.45) is 0.581. The summed E-state index contributed by atoms with van der Waals surface area (Å²) in [5.41, 5.74) is 0.0845. The van der Waals surface area contributed by atoms with Crippen molar-refractivity contribution in [3.05, 3.63) is 29.8 Å². The SMILES string of the molecule is COC(=O)C(O)c1ccccc1S(=O)(=O)C1CCC1. The van der Waals surface area contributed by atoms with E-state index < -0.39 is 27.2 Å². The minimum Gasteiger partial charge on any atom is -0.467 e. The fraction of sp³-hybridized carbons (Fsp3) is 0.462. The molecule has 1 fully saturated rings. The lowest BCUT2D eigenvalue weighted by molar-refractivity contribution is -0.150. The van der Waals surface area contributed by atoms with E-state index in [-0.39, 0.29) is 10.5 Å². The largest absolute Gasteiger partial charge is 0.467 e. The molecule has 19 heavy (non-hydrogen) atoms. The molecule has 2 rings (SSSR count). The highest BCUT2D eigenvalue weighted by Crippen LogP contribution is 2.34. The van der Waals surface area contributed by atoms with E-state index in [1.165, 1.54) is 12.1 Å². The second kappa shape index (κ2) is 5.30. The average molecular weight is 284 g/mol. The van der Waals surface area contributed by atoms with E-state index in [1.807, 2.05) is 0 Å². The van der Waals surface area contributed by atoms with Gasteiger partial charge in [0.2, 0.25) is 0 Å². The van der Waals surface area contributed by atoms with Crippen LogP contribution in [0.3, 0.4) is 0 Å². The monoisotopic (exact) mass is 284 g/mol. The molecule has 1 atom stereocenters. The molecule has 1 aliphatic carbocycles. The van der Waals surface area contributed by atoms with Crippen molar-refractivity contribution in [1.82, 2.24) is 0 Å². The van der Waals surface area contributed by atoms with Gasteiger partial charge in [-0.25, -0.2) is 13.2 Å². The Morgan fingerprint density at radius 2 is 2.00 bits per heavy atom. The maximum atomic E-state index is 12.4. The zero-order valence-electron chi connectivity index (χ0n) is 10.6. The Morgan fingerprint density at radius 3 is 2.53 bits per heavy atom. The first kappa shape index (κ1) is 14.0. The first-order valence-electron chi connectivity index (χ1n) is 6.07. The quantitative estimate of drug-likeness (QED) is 0.841. The lowest BCUT2D eigenvalue weighted by atomic mass is 10.00. The number of esters is 1. The fourth-order valence-electron chi connectivity index (χ4n) is 2.06. The van der Waals surface area contributed by atoms with Crippen molar-refractivity contribution >= 4 is 15.8 Å². The Morgan fingerprint density at radius 1 is 1.37 bits per heavy atom. The lowest BCUT2D eigenvalue weighted by Crippen LogP contribution is -2.30. The van der Waals surface area contributed by atoms with Gasteiger partial charge in [-0.1, -0.05) is 24.6 Å². The van der Waals surface area contributed by atoms with Crippen LogP contribution in [0.15, 0.2) is 29.2 Å². The lowest BCUT2D eigenvalue weighted by Gasteiger charge is -2.26. The molecule has 0 aromatic heterocycles. The Balaban J connectivity index is 2.44. The van der Waals surface area contributed by atoms with Gasteiger partial charge >= 0.3 is 5.97 Å². The van der Waals surface area contributed by atoms with Gasteiger partial charge in [-0.3, -0.25) is 0 Å². The van der Waals surface area contributed by atoms with Crippen LogP contribution in [-0.2, 0) is 19.4 Å². The number of carbonyl (C=O) groups is 1. The summed E-state index contributed by atoms with van der Waals surface area (Å²) < 4.78 is 29.2. The van der Waals surface area contributed by atoms with Gasteiger partial charge in [0.05, 0.1) is 17.3 Å². The molecule has 5 nitrogen and oxygen atoms in total. The predicted molar refractivity (Wildman–Crippen MR) is 68.2 cm³/mol. The number of carbonyl (C=O) groups excluding carboxylic acids is 1. The summed E-state index contributed by atoms with van der Waals surface area (Å²) >= 11 is 0. The number of rotatable bonds is 4. The van der Waals surface area contributed by atoms with Crippen molar-refractivity contribution < 1.29 is 23.1 Å². The maximum absolute atomic E-state index is 12.4. The molecule has 0 saturated heterocycles. The zero-order chi connectivity index (χ0) is 14.0. The van der Waals surface area contributed by atoms with Gasteiger partial charge in [0.25, 0.3) is 0 Å². The van der Waals surface area contributed by atoms with Crippen LogP contribution in [0.5, 0.6) is 0 Å². The first-order valence-corrected chi connectivity index (χ1v) is 7.62. The number of hydrogen-bond donors (Lipinski definition) is 1. The number of methoxy groups -OCH3 is 1. The molecule has 0 radical (unpaired) electrons. The third-order valence-corrected chi connectivity index (χ3v) is 5.77. The van der Waals surface area contributed by atoms with Crippen LogP contribution in [-0.4, -0.2) is 31.9 Å². The molecule has 0 heterocycles. The molecular weight excluding hydrogens is 268 g/mol. The van der Waals surface area contributed by atoms with Crippen LogP contribution in [0, 0.1) is 0 Å². The van der Waals surface area contributed by atoms with Crippen LogP contribution in [0.25, 0.3) is 0 Å². The summed E-state index contributed by atoms with van der Waals surface area (Å²) in [5.74, 6) is -0.865. The van der Waals surface area contributed by atoms with Crippen LogP contribution >= 0.6 is 0 Å². The van der Waals surface area contributed by atoms with E-state index in [1.54, 1.807) is 12.1 Å². The molecule has 1 N–H and O–H groups in total. The Bertz CT molecular complexity index is 574. The number of hydrogen-bond acceptors (Lipinski definition) is 5. The van der Waals surface area contributed by atoms with E-state index in [4.69, 9.17) is 0 Å². The number of benzene rings is 1. The Hall–Kier alpha value is -1.40. The number of sulfone groups is 1. The molecule has 1 aliphatic rings. The van der Waals surface area contributed by atoms with Gasteiger partial charge < -0.3 is 9.84 Å². The Labute approximate surface area is 112 Å². The standard InChI is InChI=1S/C13H16O5S/c1-18-13(15)12(14)10-7-2-3-8-11(10)19(16,17)9-5-4-6-9/h2-3,7-9,12,14H,4-6H2,1H3. The summed E-state index contributed by atoms with van der Waals surface area (Å²) in [7, 11) is -2.34. The van der Waals surface area contributed by atoms with Gasteiger partial charge in [0, 0.05) is 5.56 Å². The molecular formula is C13H16O5S. The molecule has 1 aromatic rings. The van der Waals surface area contributed by atoms with E-state index >= 15 is 0 Å². The normalized spacial score (nSPS) is 17.6. The molecule has 1 saturated carbocycles. The van der Waals surface area contributed by atoms with Crippen molar-refractivity contribution in [3.8, 4) is 0 Å². The van der Waals surface area contributed by atoms with Crippen LogP contribution < -0.4 is 0 Å². The van der Waals surface area contributed by atoms with Gasteiger partial charge in [0.1, 0.15) is 0 Å². The number of aliphatic hydroxyl groups is 1. The van der Waals surface area contributed by atoms with E-state index in [0.717, 1.165) is 13.5 Å². The highest BCUT2D eigenvalue weighted by molar-refractivity contribution is 7.92. The fourth-order valence-corrected chi connectivity index (χ4v) is 4.15. The maximum Gasteiger partial charge on any atom is 0.339 e. The first-order chi connectivity index (χ1) is 8.98. The molecule has 104 valence electrons. The predicted octanol–water partition coefficient (Wildman–Crippen LogP) is 1.22. The topological polar surface area (TPSA) is 80.7 Å². The minimum absolute atomic E-state index is 0.0256. The van der Waals surface area contributed by atoms with Crippen molar-refractivity contribution in [2.45, 2.75) is 35.5 Å². The van der Waals surface area contributed by atoms with E-state index in [0.29, 0.717) is 12.8 Å². The van der Waals surface area contributed by atoms with Gasteiger partial charge in [-0.2, -0.15) is 0 Å². The summed E-state index contributed by atoms with van der Waals surface area (Å²) in [6.45, 7) is 0. The number of ether oxygens (including phenoxy) is 1. The second-order valence-electron chi connectivity index (χ2n) is 4.56. The van der Waals surface area contributed by atoms with Crippen molar-refractivity contribution in [2.75, 3.05) is 7.11 Å². The molecule has 6 heteroatoms. The molecule has 0 bridgehead atoms. The van der Waals surface area contributed by atoms with Crippen molar-refractivity contribution in [2.24, 2.45) is 0 Å². The van der Waals surface area contributed by atoms with Crippen LogP contribution in [0.2, 0.25) is 0 Å². The molecule has 0 aliphatic heterocycles. The summed E-state index contributed by atoms with van der Waals surface area (Å²) in [4.78, 5) is 11.4. The number of aliphatic hydroxyl groups excluding tert-OH is 1. The van der Waals surface area contributed by atoms with Crippen molar-refractivity contribution in [3.63, 3.8) is 0 Å². The van der Waals surface area contributed by atoms with E-state index in [9.17, 15) is 18.3 Å². The van der Waals surface area contributed by atoms with Crippen LogP contribution in [0.1, 0.15) is 30.9 Å². The third-order valence-electron chi connectivity index (χ3n) is 3.44. The molecule has 1 unspecified atom stereocenters. The highest BCUT2D eigenvalue weighted by Gasteiger charge is 2.36. The molecule has 0 amide bonds. The summed E-state index contributed by atoms with van der Waals surface area (Å²) in [5, 5.41) is 9.46. The zero-order valence-corrected chi connectivity index (χ0v) is 11.4. The second-order valence-corrected chi connectivity index (χ2v) is 6.76. The summed E-state index contributed by atoms with van der Waals surface area (Å²) in [6, 6.07) is 6.03. The highest BCUT2D eigenvalue weighted by atomic mass is 32.2. The van der Waals surface area contributed by atoms with Crippen LogP contribution in [0.4, 0.5) is 0 Å². The smallest absolute Gasteiger partial charge is 0.339 e. The van der Waals surface area contributed by atoms with Crippen molar-refractivity contribution in [1.29, 1.82) is 0 Å². The average Bonchev–Trinajstić information content (AvgIpc) is 2.34. The van der Waals surface area contributed by atoms with Gasteiger partial charge in [-0.05, 0) is 18.9 Å². The van der Waals surface area contributed by atoms with Gasteiger partial charge in [-0.15, -0.1) is 0 Å². The third kappa shape index (κ3) is 2.50.